The van der Waals surface area contributed by atoms with Gasteiger partial charge in [-0.2, -0.15) is 0 Å². The molecule has 0 spiro atoms. The smallest absolute Gasteiger partial charge is 0.115 e. The van der Waals surface area contributed by atoms with Gasteiger partial charge in [0.1, 0.15) is 5.75 Å². The van der Waals surface area contributed by atoms with Crippen LogP contribution in [-0.2, 0) is 19.6 Å². The summed E-state index contributed by atoms with van der Waals surface area (Å²) in [7, 11) is 4.47. The van der Waals surface area contributed by atoms with Crippen molar-refractivity contribution in [3.63, 3.8) is 0 Å². The quantitative estimate of drug-likeness (QED) is 0.914. The minimum atomic E-state index is 0.369. The molecule has 4 nitrogen and oxygen atoms in total. The van der Waals surface area contributed by atoms with E-state index in [0.29, 0.717) is 11.8 Å². The lowest BCUT2D eigenvalue weighted by atomic mass is 10.0. The van der Waals surface area contributed by atoms with Gasteiger partial charge in [-0.25, -0.2) is 0 Å². The normalized spacial score (nSPS) is 18.8. The zero-order chi connectivity index (χ0) is 18.1. The van der Waals surface area contributed by atoms with Crippen molar-refractivity contribution in [1.29, 1.82) is 0 Å². The van der Waals surface area contributed by atoms with Crippen molar-refractivity contribution in [2.75, 3.05) is 32.1 Å². The number of hydrogen-bond acceptors (Lipinski definition) is 4. The van der Waals surface area contributed by atoms with Crippen LogP contribution in [-0.4, -0.2) is 48.1 Å². The molecule has 1 saturated heterocycles. The van der Waals surface area contributed by atoms with E-state index in [0.717, 1.165) is 19.6 Å². The highest BCUT2D eigenvalue weighted by molar-refractivity contribution is 5.54. The first-order valence-electron chi connectivity index (χ1n) is 9.62. The molecule has 0 radical (unpaired) electrons. The largest absolute Gasteiger partial charge is 0.508 e. The van der Waals surface area contributed by atoms with E-state index in [9.17, 15) is 5.11 Å². The van der Waals surface area contributed by atoms with Crippen LogP contribution in [0, 0.1) is 0 Å². The molecule has 4 heteroatoms. The van der Waals surface area contributed by atoms with Crippen molar-refractivity contribution in [1.82, 2.24) is 9.80 Å². The minimum Gasteiger partial charge on any atom is -0.508 e. The molecule has 2 aliphatic heterocycles. The highest BCUT2D eigenvalue weighted by Gasteiger charge is 2.24. The Kier molecular flexibility index (Phi) is 4.88. The van der Waals surface area contributed by atoms with Gasteiger partial charge >= 0.3 is 0 Å². The van der Waals surface area contributed by atoms with Gasteiger partial charge in [-0.1, -0.05) is 24.3 Å². The number of anilines is 1. The summed E-state index contributed by atoms with van der Waals surface area (Å²) in [4.78, 5) is 7.38. The van der Waals surface area contributed by atoms with Crippen LogP contribution in [0.25, 0.3) is 0 Å². The molecule has 2 heterocycles. The predicted molar refractivity (Wildman–Crippen MR) is 106 cm³/mol. The molecule has 26 heavy (non-hydrogen) atoms. The van der Waals surface area contributed by atoms with Gasteiger partial charge in [0.05, 0.1) is 0 Å². The summed E-state index contributed by atoms with van der Waals surface area (Å²) < 4.78 is 0. The zero-order valence-corrected chi connectivity index (χ0v) is 15.9. The van der Waals surface area contributed by atoms with E-state index in [2.05, 4.69) is 59.1 Å². The van der Waals surface area contributed by atoms with E-state index in [-0.39, 0.29) is 0 Å². The summed E-state index contributed by atoms with van der Waals surface area (Å²) in [5.74, 6) is 0.369. The molecule has 0 amide bonds. The molecule has 0 unspecified atom stereocenters. The molecule has 0 atom stereocenters. The summed E-state index contributed by atoms with van der Waals surface area (Å²) in [5, 5.41) is 9.72. The number of para-hydroxylation sites is 1. The Labute approximate surface area is 156 Å². The fraction of sp³-hybridized carbons (Fsp3) is 0.455. The number of nitrogens with zero attached hydrogens (tertiary/aromatic N) is 3. The standard InChI is InChI=1S/C22H29N3O/c1-23-11-9-20(10-12-23)24(2)22-6-4-3-5-18(22)15-25-14-17-7-8-21(26)13-19(17)16-25/h3-8,13,20,26H,9-12,14-16H2,1-2H3. The topological polar surface area (TPSA) is 30.0 Å². The molecule has 4 rings (SSSR count). The number of likely N-dealkylation sites (tertiary alicyclic amines) is 1. The molecule has 0 aromatic heterocycles. The van der Waals surface area contributed by atoms with Crippen molar-refractivity contribution < 1.29 is 5.11 Å². The van der Waals surface area contributed by atoms with Crippen LogP contribution >= 0.6 is 0 Å². The molecular formula is C22H29N3O. The Morgan fingerprint density at radius 1 is 1.04 bits per heavy atom. The zero-order valence-electron chi connectivity index (χ0n) is 15.9. The summed E-state index contributed by atoms with van der Waals surface area (Å²) >= 11 is 0. The lowest BCUT2D eigenvalue weighted by Crippen LogP contribution is -2.42. The van der Waals surface area contributed by atoms with Crippen LogP contribution in [0.2, 0.25) is 0 Å². The van der Waals surface area contributed by atoms with E-state index >= 15 is 0 Å². The van der Waals surface area contributed by atoms with Crippen LogP contribution < -0.4 is 4.90 Å². The van der Waals surface area contributed by atoms with Gasteiger partial charge in [0, 0.05) is 38.4 Å². The average Bonchev–Trinajstić information content (AvgIpc) is 3.03. The maximum atomic E-state index is 9.72. The summed E-state index contributed by atoms with van der Waals surface area (Å²) in [5.41, 5.74) is 5.35. The lowest BCUT2D eigenvalue weighted by Gasteiger charge is -2.37. The second-order valence-electron chi connectivity index (χ2n) is 7.87. The van der Waals surface area contributed by atoms with E-state index in [4.69, 9.17) is 0 Å². The number of phenolic OH excluding ortho intramolecular Hbond substituents is 1. The third-order valence-electron chi connectivity index (χ3n) is 5.98. The van der Waals surface area contributed by atoms with Gasteiger partial charge in [0.2, 0.25) is 0 Å². The van der Waals surface area contributed by atoms with Gasteiger partial charge in [0.15, 0.2) is 0 Å². The Hall–Kier alpha value is -2.04. The minimum absolute atomic E-state index is 0.369. The van der Waals surface area contributed by atoms with Crippen LogP contribution in [0.15, 0.2) is 42.5 Å². The monoisotopic (exact) mass is 351 g/mol. The van der Waals surface area contributed by atoms with Crippen molar-refractivity contribution >= 4 is 5.69 Å². The predicted octanol–water partition coefficient (Wildman–Crippen LogP) is 3.44. The van der Waals surface area contributed by atoms with Crippen LogP contribution in [0.1, 0.15) is 29.5 Å². The van der Waals surface area contributed by atoms with Gasteiger partial charge in [-0.15, -0.1) is 0 Å². The third kappa shape index (κ3) is 3.57. The summed E-state index contributed by atoms with van der Waals surface area (Å²) in [6.45, 7) is 5.19. The fourth-order valence-electron chi connectivity index (χ4n) is 4.37. The maximum Gasteiger partial charge on any atom is 0.115 e. The number of hydrogen-bond donors (Lipinski definition) is 1. The number of aromatic hydroxyl groups is 1. The molecule has 2 aromatic rings. The number of fused-ring (bicyclic) bond motifs is 1. The number of benzene rings is 2. The number of phenols is 1. The average molecular weight is 351 g/mol. The highest BCUT2D eigenvalue weighted by atomic mass is 16.3. The van der Waals surface area contributed by atoms with Crippen LogP contribution in [0.4, 0.5) is 5.69 Å². The Morgan fingerprint density at radius 2 is 1.77 bits per heavy atom. The maximum absolute atomic E-state index is 9.72. The first-order chi connectivity index (χ1) is 12.6. The summed E-state index contributed by atoms with van der Waals surface area (Å²) in [6.07, 6.45) is 2.46. The van der Waals surface area contributed by atoms with Crippen molar-refractivity contribution in [2.24, 2.45) is 0 Å². The third-order valence-corrected chi connectivity index (χ3v) is 5.98. The Morgan fingerprint density at radius 3 is 2.58 bits per heavy atom. The van der Waals surface area contributed by atoms with Gasteiger partial charge in [-0.3, -0.25) is 4.90 Å². The highest BCUT2D eigenvalue weighted by Crippen LogP contribution is 2.31. The van der Waals surface area contributed by atoms with Gasteiger partial charge in [0.25, 0.3) is 0 Å². The Balaban J connectivity index is 1.48. The number of piperidine rings is 1. The summed E-state index contributed by atoms with van der Waals surface area (Å²) in [6, 6.07) is 15.2. The van der Waals surface area contributed by atoms with Crippen LogP contribution in [0.5, 0.6) is 5.75 Å². The molecule has 2 aromatic carbocycles. The molecule has 0 saturated carbocycles. The van der Waals surface area contributed by atoms with Crippen LogP contribution in [0.3, 0.4) is 0 Å². The van der Waals surface area contributed by atoms with E-state index in [1.165, 1.54) is 48.3 Å². The molecular weight excluding hydrogens is 322 g/mol. The lowest BCUT2D eigenvalue weighted by molar-refractivity contribution is 0.251. The van der Waals surface area contributed by atoms with E-state index < -0.39 is 0 Å². The van der Waals surface area contributed by atoms with E-state index in [1.54, 1.807) is 6.07 Å². The van der Waals surface area contributed by atoms with Crippen molar-refractivity contribution in [2.45, 2.75) is 38.5 Å². The second-order valence-corrected chi connectivity index (χ2v) is 7.87. The molecule has 0 bridgehead atoms. The Bertz CT molecular complexity index is 768. The van der Waals surface area contributed by atoms with Gasteiger partial charge in [-0.05, 0) is 67.9 Å². The first kappa shape index (κ1) is 17.4. The van der Waals surface area contributed by atoms with Crippen molar-refractivity contribution in [3.05, 3.63) is 59.2 Å². The fourth-order valence-corrected chi connectivity index (χ4v) is 4.37. The second kappa shape index (κ2) is 7.29. The first-order valence-corrected chi connectivity index (χ1v) is 9.62. The number of rotatable bonds is 4. The molecule has 2 aliphatic rings. The molecule has 1 fully saturated rings. The molecule has 138 valence electrons. The SMILES string of the molecule is CN1CCC(N(C)c2ccccc2CN2Cc3ccc(O)cc3C2)CC1. The molecule has 0 aliphatic carbocycles. The van der Waals surface area contributed by atoms with E-state index in [1.807, 2.05) is 6.07 Å². The molecule has 1 N–H and O–H groups in total. The van der Waals surface area contributed by atoms with Gasteiger partial charge < -0.3 is 14.9 Å². The van der Waals surface area contributed by atoms with Crippen molar-refractivity contribution in [3.8, 4) is 5.75 Å².